The van der Waals surface area contributed by atoms with E-state index in [1.165, 1.54) is 12.3 Å². The Hall–Kier alpha value is -4.80. The number of anilines is 1. The highest BCUT2D eigenvalue weighted by Gasteiger charge is 2.36. The number of para-hydroxylation sites is 1. The minimum absolute atomic E-state index is 0.0708. The Morgan fingerprint density at radius 2 is 1.78 bits per heavy atom. The molecule has 0 spiro atoms. The smallest absolute Gasteiger partial charge is 0.296 e. The molecule has 1 fully saturated rings. The first-order valence-corrected chi connectivity index (χ1v) is 12.9. The summed E-state index contributed by atoms with van der Waals surface area (Å²) in [6.45, 7) is 0.946. The van der Waals surface area contributed by atoms with Crippen molar-refractivity contribution in [1.29, 1.82) is 0 Å². The van der Waals surface area contributed by atoms with Crippen molar-refractivity contribution in [3.8, 4) is 16.9 Å². The van der Waals surface area contributed by atoms with Crippen molar-refractivity contribution < 1.29 is 36.6 Å². The van der Waals surface area contributed by atoms with Crippen LogP contribution in [0, 0.1) is 23.3 Å². The molecule has 1 N–H and O–H groups in total. The van der Waals surface area contributed by atoms with Crippen LogP contribution < -0.4 is 15.0 Å². The lowest BCUT2D eigenvalue weighted by Gasteiger charge is -2.40. The van der Waals surface area contributed by atoms with Gasteiger partial charge in [0.05, 0.1) is 35.6 Å². The van der Waals surface area contributed by atoms with Crippen molar-refractivity contribution in [3.05, 3.63) is 101 Å². The molecule has 1 amide bonds. The van der Waals surface area contributed by atoms with Crippen molar-refractivity contribution in [3.63, 3.8) is 0 Å². The maximum atomic E-state index is 15.3. The van der Waals surface area contributed by atoms with E-state index >= 15 is 4.39 Å². The zero-order chi connectivity index (χ0) is 28.2. The molecule has 8 rings (SSSR count). The molecule has 0 saturated carbocycles. The van der Waals surface area contributed by atoms with Gasteiger partial charge in [0.25, 0.3) is 11.9 Å². The van der Waals surface area contributed by atoms with E-state index in [1.807, 2.05) is 24.3 Å². The average Bonchev–Trinajstić information content (AvgIpc) is 2.99. The molecular weight excluding hydrogens is 542 g/mol. The Morgan fingerprint density at radius 1 is 0.976 bits per heavy atom. The van der Waals surface area contributed by atoms with Crippen molar-refractivity contribution in [2.45, 2.75) is 18.5 Å². The number of nitrogens with zero attached hydrogens (tertiary/aromatic N) is 2. The predicted octanol–water partition coefficient (Wildman–Crippen LogP) is 5.75. The fraction of sp³-hybridized carbons (Fsp3) is 0.200. The summed E-state index contributed by atoms with van der Waals surface area (Å²) in [7, 11) is 0. The highest BCUT2D eigenvalue weighted by Crippen LogP contribution is 2.41. The second-order valence-corrected chi connectivity index (χ2v) is 9.92. The molecule has 208 valence electrons. The number of carbonyl (C=O) groups excluding carboxylic acids is 1. The second-order valence-electron chi connectivity index (χ2n) is 9.92. The summed E-state index contributed by atoms with van der Waals surface area (Å²) in [4.78, 5) is 20.0. The predicted molar refractivity (Wildman–Crippen MR) is 140 cm³/mol. The number of fused-ring (bicyclic) bond motifs is 5. The maximum absolute atomic E-state index is 15.3. The highest BCUT2D eigenvalue weighted by atomic mass is 19.2. The van der Waals surface area contributed by atoms with Crippen LogP contribution in [0.15, 0.2) is 66.9 Å². The van der Waals surface area contributed by atoms with E-state index in [0.29, 0.717) is 36.6 Å². The third-order valence-electron chi connectivity index (χ3n) is 7.46. The lowest BCUT2D eigenvalue weighted by Crippen LogP contribution is -2.47. The minimum Gasteiger partial charge on any atom is -0.493 e. The number of rotatable bonds is 4. The van der Waals surface area contributed by atoms with Gasteiger partial charge in [-0.3, -0.25) is 9.78 Å². The van der Waals surface area contributed by atoms with Crippen LogP contribution >= 0.6 is 0 Å². The molecule has 1 unspecified atom stereocenters. The topological polar surface area (TPSA) is 72.9 Å². The van der Waals surface area contributed by atoms with Gasteiger partial charge >= 0.3 is 0 Å². The third kappa shape index (κ3) is 4.19. The van der Waals surface area contributed by atoms with Crippen LogP contribution in [0.25, 0.3) is 22.0 Å². The summed E-state index contributed by atoms with van der Waals surface area (Å²) >= 11 is 0. The van der Waals surface area contributed by atoms with Crippen molar-refractivity contribution in [2.75, 3.05) is 24.7 Å². The molecule has 4 aliphatic heterocycles. The number of carbonyl (C=O) groups is 1. The molecule has 0 radical (unpaired) electrons. The summed E-state index contributed by atoms with van der Waals surface area (Å²) in [5.74, 6) is -4.41. The van der Waals surface area contributed by atoms with E-state index in [4.69, 9.17) is 14.2 Å². The zero-order valence-electron chi connectivity index (χ0n) is 21.3. The van der Waals surface area contributed by atoms with E-state index in [9.17, 15) is 18.0 Å². The van der Waals surface area contributed by atoms with Gasteiger partial charge in [0.1, 0.15) is 36.6 Å². The molecule has 41 heavy (non-hydrogen) atoms. The summed E-state index contributed by atoms with van der Waals surface area (Å²) in [5, 5.41) is 3.33. The first kappa shape index (κ1) is 25.2. The van der Waals surface area contributed by atoms with Crippen molar-refractivity contribution in [2.24, 2.45) is 0 Å². The summed E-state index contributed by atoms with van der Waals surface area (Å²) in [6, 6.07) is 10.3. The van der Waals surface area contributed by atoms with Crippen LogP contribution in [0.2, 0.25) is 0 Å². The monoisotopic (exact) mass is 563 g/mol. The summed E-state index contributed by atoms with van der Waals surface area (Å²) in [5.41, 5.74) is 0.224. The second kappa shape index (κ2) is 9.69. The first-order chi connectivity index (χ1) is 19.9. The SMILES string of the molecule is O=C(NC1CCOc2ccccc21)c1cnc2c(-c3cc(F)cc(F)c3F)c(F)ccc2c1N1C=C2OCC1CO2. The van der Waals surface area contributed by atoms with Crippen LogP contribution in [0.4, 0.5) is 23.2 Å². The Morgan fingerprint density at radius 3 is 2.56 bits per heavy atom. The number of hydrogen-bond acceptors (Lipinski definition) is 6. The Bertz CT molecular complexity index is 1750. The molecule has 2 bridgehead atoms. The van der Waals surface area contributed by atoms with Gasteiger partial charge in [-0.05, 0) is 24.3 Å². The maximum Gasteiger partial charge on any atom is 0.296 e. The quantitative estimate of drug-likeness (QED) is 0.252. The number of benzene rings is 3. The fourth-order valence-electron chi connectivity index (χ4n) is 5.54. The molecular formula is C30H21F4N3O4. The van der Waals surface area contributed by atoms with E-state index < -0.39 is 40.3 Å². The number of hydrogen-bond donors (Lipinski definition) is 1. The molecule has 4 aromatic rings. The zero-order valence-corrected chi connectivity index (χ0v) is 21.3. The van der Waals surface area contributed by atoms with Crippen LogP contribution in [-0.4, -0.2) is 36.8 Å². The number of pyridine rings is 1. The molecule has 3 aromatic carbocycles. The number of nitrogens with one attached hydrogen (secondary N) is 1. The summed E-state index contributed by atoms with van der Waals surface area (Å²) < 4.78 is 75.2. The number of amides is 1. The molecule has 1 aromatic heterocycles. The van der Waals surface area contributed by atoms with Gasteiger partial charge in [-0.25, -0.2) is 17.6 Å². The largest absolute Gasteiger partial charge is 0.493 e. The Kier molecular flexibility index (Phi) is 5.95. The van der Waals surface area contributed by atoms with Gasteiger partial charge in [0, 0.05) is 40.8 Å². The standard InChI is InChI=1S/C30H21F4N3O4/c31-15-9-19(27(34)22(33)10-15)26-21(32)6-5-18-28(26)35-11-20(29(18)37-12-25-40-13-16(37)14-41-25)30(38)36-23-7-8-39-24-4-2-1-3-17(23)24/h1-6,9-12,16,23H,7-8,13-14H2,(H,36,38). The van der Waals surface area contributed by atoms with Crippen LogP contribution in [0.3, 0.4) is 0 Å². The lowest BCUT2D eigenvalue weighted by atomic mass is 9.96. The fourth-order valence-corrected chi connectivity index (χ4v) is 5.54. The highest BCUT2D eigenvalue weighted by molar-refractivity contribution is 6.10. The number of aromatic nitrogens is 1. The number of halogens is 4. The van der Waals surface area contributed by atoms with Gasteiger partial charge in [-0.15, -0.1) is 0 Å². The van der Waals surface area contributed by atoms with Crippen LogP contribution in [0.5, 0.6) is 5.75 Å². The minimum atomic E-state index is -1.46. The van der Waals surface area contributed by atoms with E-state index in [1.54, 1.807) is 11.1 Å². The van der Waals surface area contributed by atoms with E-state index in [0.717, 1.165) is 11.6 Å². The van der Waals surface area contributed by atoms with Gasteiger partial charge in [-0.1, -0.05) is 18.2 Å². The molecule has 4 aliphatic rings. The average molecular weight is 564 g/mol. The Balaban J connectivity index is 1.41. The van der Waals surface area contributed by atoms with Crippen LogP contribution in [-0.2, 0) is 9.47 Å². The molecule has 0 aliphatic carbocycles. The van der Waals surface area contributed by atoms with Gasteiger partial charge in [0.15, 0.2) is 11.6 Å². The molecule has 1 saturated heterocycles. The molecule has 11 heteroatoms. The molecule has 1 atom stereocenters. The van der Waals surface area contributed by atoms with E-state index in [2.05, 4.69) is 10.3 Å². The van der Waals surface area contributed by atoms with Crippen molar-refractivity contribution in [1.82, 2.24) is 10.3 Å². The lowest BCUT2D eigenvalue weighted by molar-refractivity contribution is -0.0412. The van der Waals surface area contributed by atoms with E-state index in [-0.39, 0.29) is 47.7 Å². The van der Waals surface area contributed by atoms with Gasteiger partial charge in [-0.2, -0.15) is 0 Å². The molecule has 7 nitrogen and oxygen atoms in total. The normalized spacial score (nSPS) is 17.8. The van der Waals surface area contributed by atoms with Crippen LogP contribution in [0.1, 0.15) is 28.4 Å². The third-order valence-corrected chi connectivity index (χ3v) is 7.46. The Labute approximate surface area is 230 Å². The van der Waals surface area contributed by atoms with Crippen molar-refractivity contribution >= 4 is 22.5 Å². The first-order valence-electron chi connectivity index (χ1n) is 12.9. The summed E-state index contributed by atoms with van der Waals surface area (Å²) in [6.07, 6.45) is 3.38. The number of ether oxygens (including phenoxy) is 3. The van der Waals surface area contributed by atoms with Gasteiger partial charge in [0.2, 0.25) is 0 Å². The molecule has 5 heterocycles. The van der Waals surface area contributed by atoms with Gasteiger partial charge < -0.3 is 24.4 Å².